The minimum Gasteiger partial charge on any atom is -0.309 e. The fraction of sp³-hybridized carbons (Fsp3) is 0.286. The van der Waals surface area contributed by atoms with Crippen molar-refractivity contribution in [2.45, 2.75) is 25.7 Å². The van der Waals surface area contributed by atoms with Crippen molar-refractivity contribution in [1.82, 2.24) is 10.2 Å². The fourth-order valence-corrected chi connectivity index (χ4v) is 2.31. The predicted octanol–water partition coefficient (Wildman–Crippen LogP) is 2.25. The summed E-state index contributed by atoms with van der Waals surface area (Å²) in [7, 11) is 0. The van der Waals surface area contributed by atoms with Crippen LogP contribution in [0.3, 0.4) is 0 Å². The zero-order valence-electron chi connectivity index (χ0n) is 10.2. The molecule has 2 aromatic rings. The molecule has 1 unspecified atom stereocenters. The van der Waals surface area contributed by atoms with Gasteiger partial charge in [-0.15, -0.1) is 0 Å². The normalized spacial score (nSPS) is 16.8. The van der Waals surface area contributed by atoms with Crippen molar-refractivity contribution < 1.29 is 4.79 Å². The molecule has 0 bridgehead atoms. The maximum absolute atomic E-state index is 12.1. The minimum absolute atomic E-state index is 0.0250. The number of H-pyrrole nitrogens is 1. The number of amides is 1. The first-order valence-corrected chi connectivity index (χ1v) is 6.21. The number of benzene rings is 1. The Morgan fingerprint density at radius 2 is 2.33 bits per heavy atom. The molecular weight excluding hydrogens is 226 g/mol. The molecule has 2 N–H and O–H groups in total. The SMILES string of the molecule is CCc1cc(NC(=O)C2Cc3ccccc32)n[nH]1. The molecular formula is C14H15N3O. The molecule has 0 radical (unpaired) electrons. The molecule has 1 aromatic heterocycles. The van der Waals surface area contributed by atoms with Crippen molar-refractivity contribution in [2.75, 3.05) is 5.32 Å². The minimum atomic E-state index is -0.0250. The molecule has 0 saturated heterocycles. The zero-order valence-corrected chi connectivity index (χ0v) is 10.2. The number of carbonyl (C=O) groups is 1. The van der Waals surface area contributed by atoms with Gasteiger partial charge in [-0.3, -0.25) is 9.89 Å². The van der Waals surface area contributed by atoms with Crippen LogP contribution in [0.15, 0.2) is 30.3 Å². The standard InChI is InChI=1S/C14H15N3O/c1-2-10-8-13(17-16-10)15-14(18)12-7-9-5-3-4-6-11(9)12/h3-6,8,12H,2,7H2,1H3,(H2,15,16,17,18). The second-order valence-corrected chi connectivity index (χ2v) is 4.58. The largest absolute Gasteiger partial charge is 0.309 e. The molecule has 1 aliphatic carbocycles. The summed E-state index contributed by atoms with van der Waals surface area (Å²) in [6.07, 6.45) is 1.71. The Morgan fingerprint density at radius 1 is 1.50 bits per heavy atom. The van der Waals surface area contributed by atoms with E-state index in [4.69, 9.17) is 0 Å². The van der Waals surface area contributed by atoms with E-state index in [1.165, 1.54) is 5.56 Å². The first-order valence-electron chi connectivity index (χ1n) is 6.21. The van der Waals surface area contributed by atoms with Gasteiger partial charge in [0.15, 0.2) is 5.82 Å². The molecule has 0 fully saturated rings. The van der Waals surface area contributed by atoms with Crippen molar-refractivity contribution in [2.24, 2.45) is 0 Å². The van der Waals surface area contributed by atoms with Gasteiger partial charge in [0, 0.05) is 11.8 Å². The van der Waals surface area contributed by atoms with E-state index in [-0.39, 0.29) is 11.8 Å². The topological polar surface area (TPSA) is 57.8 Å². The molecule has 92 valence electrons. The van der Waals surface area contributed by atoms with Crippen molar-refractivity contribution >= 4 is 11.7 Å². The number of anilines is 1. The van der Waals surface area contributed by atoms with E-state index in [0.717, 1.165) is 24.1 Å². The van der Waals surface area contributed by atoms with Gasteiger partial charge in [0.05, 0.1) is 5.92 Å². The Morgan fingerprint density at radius 3 is 3.06 bits per heavy atom. The zero-order chi connectivity index (χ0) is 12.5. The Bertz CT molecular complexity index is 588. The summed E-state index contributed by atoms with van der Waals surface area (Å²) in [6, 6.07) is 9.95. The van der Waals surface area contributed by atoms with Crippen LogP contribution in [0.4, 0.5) is 5.82 Å². The number of nitrogens with one attached hydrogen (secondary N) is 2. The lowest BCUT2D eigenvalue weighted by Gasteiger charge is -2.28. The second-order valence-electron chi connectivity index (χ2n) is 4.58. The average Bonchev–Trinajstić information content (AvgIpc) is 2.78. The number of carbonyl (C=O) groups excluding carboxylic acids is 1. The molecule has 0 aliphatic heterocycles. The lowest BCUT2D eigenvalue weighted by molar-refractivity contribution is -0.118. The molecule has 4 nitrogen and oxygen atoms in total. The number of aromatic nitrogens is 2. The van der Waals surface area contributed by atoms with Crippen LogP contribution < -0.4 is 5.32 Å². The number of aryl methyl sites for hydroxylation is 1. The van der Waals surface area contributed by atoms with E-state index >= 15 is 0 Å². The number of aromatic amines is 1. The summed E-state index contributed by atoms with van der Waals surface area (Å²) in [5.74, 6) is 0.618. The monoisotopic (exact) mass is 241 g/mol. The highest BCUT2D eigenvalue weighted by molar-refractivity contribution is 5.97. The fourth-order valence-electron chi connectivity index (χ4n) is 2.31. The second kappa shape index (κ2) is 4.29. The summed E-state index contributed by atoms with van der Waals surface area (Å²) < 4.78 is 0. The highest BCUT2D eigenvalue weighted by atomic mass is 16.2. The van der Waals surface area contributed by atoms with Gasteiger partial charge in [0.2, 0.25) is 5.91 Å². The van der Waals surface area contributed by atoms with Gasteiger partial charge in [-0.2, -0.15) is 5.10 Å². The Balaban J connectivity index is 1.70. The van der Waals surface area contributed by atoms with Gasteiger partial charge < -0.3 is 5.32 Å². The van der Waals surface area contributed by atoms with E-state index in [1.54, 1.807) is 0 Å². The quantitative estimate of drug-likeness (QED) is 0.866. The number of rotatable bonds is 3. The van der Waals surface area contributed by atoms with Crippen LogP contribution in [0.25, 0.3) is 0 Å². The molecule has 0 saturated carbocycles. The number of hydrogen-bond donors (Lipinski definition) is 2. The summed E-state index contributed by atoms with van der Waals surface area (Å²) >= 11 is 0. The number of fused-ring (bicyclic) bond motifs is 1. The van der Waals surface area contributed by atoms with Crippen LogP contribution in [0, 0.1) is 0 Å². The lowest BCUT2D eigenvalue weighted by atomic mass is 9.77. The summed E-state index contributed by atoms with van der Waals surface area (Å²) in [5, 5.41) is 9.82. The molecule has 1 aromatic carbocycles. The summed E-state index contributed by atoms with van der Waals surface area (Å²) in [4.78, 5) is 12.1. The van der Waals surface area contributed by atoms with Crippen LogP contribution in [0.2, 0.25) is 0 Å². The molecule has 1 heterocycles. The molecule has 1 amide bonds. The highest BCUT2D eigenvalue weighted by Crippen LogP contribution is 2.35. The van der Waals surface area contributed by atoms with Gasteiger partial charge in [0.1, 0.15) is 0 Å². The van der Waals surface area contributed by atoms with E-state index in [1.807, 2.05) is 31.2 Å². The van der Waals surface area contributed by atoms with Gasteiger partial charge in [0.25, 0.3) is 0 Å². The predicted molar refractivity (Wildman–Crippen MR) is 69.5 cm³/mol. The van der Waals surface area contributed by atoms with Gasteiger partial charge in [-0.1, -0.05) is 31.2 Å². The van der Waals surface area contributed by atoms with E-state index < -0.39 is 0 Å². The molecule has 4 heteroatoms. The van der Waals surface area contributed by atoms with Crippen LogP contribution in [0.1, 0.15) is 29.7 Å². The van der Waals surface area contributed by atoms with Crippen molar-refractivity contribution in [1.29, 1.82) is 0 Å². The Hall–Kier alpha value is -2.10. The van der Waals surface area contributed by atoms with E-state index in [2.05, 4.69) is 21.6 Å². The van der Waals surface area contributed by atoms with Crippen molar-refractivity contribution in [3.8, 4) is 0 Å². The number of hydrogen-bond acceptors (Lipinski definition) is 2. The maximum atomic E-state index is 12.1. The smallest absolute Gasteiger partial charge is 0.233 e. The van der Waals surface area contributed by atoms with Crippen LogP contribution in [0.5, 0.6) is 0 Å². The van der Waals surface area contributed by atoms with Gasteiger partial charge in [-0.05, 0) is 24.0 Å². The van der Waals surface area contributed by atoms with Crippen LogP contribution in [-0.4, -0.2) is 16.1 Å². The summed E-state index contributed by atoms with van der Waals surface area (Å²) in [5.41, 5.74) is 3.44. The Labute approximate surface area is 105 Å². The van der Waals surface area contributed by atoms with Crippen molar-refractivity contribution in [3.05, 3.63) is 47.2 Å². The molecule has 1 aliphatic rings. The third kappa shape index (κ3) is 1.79. The third-order valence-electron chi connectivity index (χ3n) is 3.43. The average molecular weight is 241 g/mol. The van der Waals surface area contributed by atoms with Crippen LogP contribution in [-0.2, 0) is 17.6 Å². The maximum Gasteiger partial charge on any atom is 0.233 e. The van der Waals surface area contributed by atoms with Gasteiger partial charge >= 0.3 is 0 Å². The Kier molecular flexibility index (Phi) is 2.63. The third-order valence-corrected chi connectivity index (χ3v) is 3.43. The number of nitrogens with zero attached hydrogens (tertiary/aromatic N) is 1. The molecule has 1 atom stereocenters. The van der Waals surface area contributed by atoms with Crippen molar-refractivity contribution in [3.63, 3.8) is 0 Å². The van der Waals surface area contributed by atoms with Gasteiger partial charge in [-0.25, -0.2) is 0 Å². The highest BCUT2D eigenvalue weighted by Gasteiger charge is 2.31. The summed E-state index contributed by atoms with van der Waals surface area (Å²) in [6.45, 7) is 2.04. The van der Waals surface area contributed by atoms with E-state index in [0.29, 0.717) is 5.82 Å². The van der Waals surface area contributed by atoms with E-state index in [9.17, 15) is 4.79 Å². The molecule has 0 spiro atoms. The molecule has 18 heavy (non-hydrogen) atoms. The first-order chi connectivity index (χ1) is 8.78. The van der Waals surface area contributed by atoms with Crippen LogP contribution >= 0.6 is 0 Å². The lowest BCUT2D eigenvalue weighted by Crippen LogP contribution is -2.30. The first kappa shape index (κ1) is 11.0. The molecule has 3 rings (SSSR count).